The van der Waals surface area contributed by atoms with E-state index in [4.69, 9.17) is 0 Å². The van der Waals surface area contributed by atoms with Crippen molar-refractivity contribution >= 4 is 23.2 Å². The zero-order chi connectivity index (χ0) is 21.7. The molecule has 0 bridgehead atoms. The van der Waals surface area contributed by atoms with Crippen LogP contribution in [0.15, 0.2) is 48.5 Å². The Morgan fingerprint density at radius 1 is 1.13 bits per heavy atom. The Balaban J connectivity index is 1.62. The number of piperidine rings is 1. The van der Waals surface area contributed by atoms with Crippen molar-refractivity contribution in [1.29, 1.82) is 0 Å². The lowest BCUT2D eigenvalue weighted by atomic mass is 9.95. The number of benzene rings is 2. The van der Waals surface area contributed by atoms with Crippen LogP contribution in [0.3, 0.4) is 0 Å². The van der Waals surface area contributed by atoms with Gasteiger partial charge in [0.2, 0.25) is 5.91 Å². The van der Waals surface area contributed by atoms with Gasteiger partial charge in [0.05, 0.1) is 10.5 Å². The number of likely N-dealkylation sites (tertiary alicyclic amines) is 1. The van der Waals surface area contributed by atoms with Crippen LogP contribution < -0.4 is 10.2 Å². The fourth-order valence-corrected chi connectivity index (χ4v) is 3.64. The molecule has 30 heavy (non-hydrogen) atoms. The van der Waals surface area contributed by atoms with Crippen LogP contribution in [0.2, 0.25) is 0 Å². The third-order valence-corrected chi connectivity index (χ3v) is 5.37. The van der Waals surface area contributed by atoms with E-state index in [1.165, 1.54) is 12.1 Å². The predicted octanol–water partition coefficient (Wildman–Crippen LogP) is 2.83. The van der Waals surface area contributed by atoms with Crippen LogP contribution in [0.25, 0.3) is 0 Å². The maximum absolute atomic E-state index is 13.1. The van der Waals surface area contributed by atoms with Crippen LogP contribution in [0.4, 0.5) is 11.4 Å². The van der Waals surface area contributed by atoms with E-state index in [0.717, 1.165) is 5.56 Å². The number of nitro benzene ring substituents is 1. The van der Waals surface area contributed by atoms with E-state index in [9.17, 15) is 19.7 Å². The molecule has 1 N–H and O–H groups in total. The lowest BCUT2D eigenvalue weighted by Gasteiger charge is -2.32. The van der Waals surface area contributed by atoms with Crippen molar-refractivity contribution < 1.29 is 14.5 Å². The second-order valence-corrected chi connectivity index (χ2v) is 7.62. The van der Waals surface area contributed by atoms with Gasteiger partial charge in [0.1, 0.15) is 0 Å². The minimum atomic E-state index is -0.500. The van der Waals surface area contributed by atoms with Gasteiger partial charge in [0.25, 0.3) is 11.6 Å². The molecule has 0 aliphatic carbocycles. The molecule has 1 aliphatic heterocycles. The molecule has 2 amide bonds. The molecule has 1 aliphatic rings. The first kappa shape index (κ1) is 21.3. The standard InChI is InChI=1S/C22H26N4O4/c1-24(2)20-9-8-18(26(29)30)14-19(20)22(28)25-12-10-17(11-13-25)21(27)23-15-16-6-4-3-5-7-16/h3-9,14,17H,10-13,15H2,1-2H3,(H,23,27). The second kappa shape index (κ2) is 9.39. The topological polar surface area (TPSA) is 95.8 Å². The molecule has 2 aromatic rings. The molecule has 0 atom stereocenters. The van der Waals surface area contributed by atoms with Crippen molar-refractivity contribution in [3.63, 3.8) is 0 Å². The highest BCUT2D eigenvalue weighted by Crippen LogP contribution is 2.27. The van der Waals surface area contributed by atoms with Crippen molar-refractivity contribution in [1.82, 2.24) is 10.2 Å². The summed E-state index contributed by atoms with van der Waals surface area (Å²) in [6, 6.07) is 14.0. The summed E-state index contributed by atoms with van der Waals surface area (Å²) in [5.41, 5.74) is 1.87. The van der Waals surface area contributed by atoms with Crippen LogP contribution in [0.5, 0.6) is 0 Å². The van der Waals surface area contributed by atoms with Crippen LogP contribution in [0.1, 0.15) is 28.8 Å². The Morgan fingerprint density at radius 2 is 1.80 bits per heavy atom. The number of anilines is 1. The number of hydrogen-bond donors (Lipinski definition) is 1. The molecule has 158 valence electrons. The first-order valence-electron chi connectivity index (χ1n) is 9.93. The lowest BCUT2D eigenvalue weighted by Crippen LogP contribution is -2.43. The fraction of sp³-hybridized carbons (Fsp3) is 0.364. The molecule has 2 aromatic carbocycles. The van der Waals surface area contributed by atoms with E-state index < -0.39 is 4.92 Å². The first-order chi connectivity index (χ1) is 14.4. The molecule has 1 heterocycles. The van der Waals surface area contributed by atoms with Gasteiger partial charge < -0.3 is 15.1 Å². The van der Waals surface area contributed by atoms with E-state index in [0.29, 0.717) is 43.7 Å². The Kier molecular flexibility index (Phi) is 6.66. The quantitative estimate of drug-likeness (QED) is 0.584. The van der Waals surface area contributed by atoms with Crippen molar-refractivity contribution in [2.75, 3.05) is 32.1 Å². The van der Waals surface area contributed by atoms with Gasteiger partial charge in [-0.2, -0.15) is 0 Å². The molecule has 1 saturated heterocycles. The summed E-state index contributed by atoms with van der Waals surface area (Å²) in [5.74, 6) is -0.392. The molecule has 8 nitrogen and oxygen atoms in total. The zero-order valence-electron chi connectivity index (χ0n) is 17.2. The van der Waals surface area contributed by atoms with E-state index in [2.05, 4.69) is 5.32 Å². The van der Waals surface area contributed by atoms with Crippen LogP contribution in [-0.4, -0.2) is 48.8 Å². The van der Waals surface area contributed by atoms with E-state index in [1.54, 1.807) is 30.0 Å². The Labute approximate surface area is 175 Å². The number of nitrogens with zero attached hydrogens (tertiary/aromatic N) is 3. The summed E-state index contributed by atoms with van der Waals surface area (Å²) in [6.45, 7) is 1.37. The van der Waals surface area contributed by atoms with Gasteiger partial charge in [0.15, 0.2) is 0 Å². The summed E-state index contributed by atoms with van der Waals surface area (Å²) >= 11 is 0. The van der Waals surface area contributed by atoms with Crippen LogP contribution in [0, 0.1) is 16.0 Å². The van der Waals surface area contributed by atoms with Crippen molar-refractivity contribution in [3.05, 3.63) is 69.8 Å². The van der Waals surface area contributed by atoms with Crippen molar-refractivity contribution in [2.24, 2.45) is 5.92 Å². The summed E-state index contributed by atoms with van der Waals surface area (Å²) in [7, 11) is 3.59. The fourth-order valence-electron chi connectivity index (χ4n) is 3.64. The third-order valence-electron chi connectivity index (χ3n) is 5.37. The maximum Gasteiger partial charge on any atom is 0.270 e. The smallest absolute Gasteiger partial charge is 0.270 e. The van der Waals surface area contributed by atoms with Gasteiger partial charge >= 0.3 is 0 Å². The van der Waals surface area contributed by atoms with Gasteiger partial charge in [-0.3, -0.25) is 19.7 Å². The van der Waals surface area contributed by atoms with Gasteiger partial charge in [0, 0.05) is 57.5 Å². The lowest BCUT2D eigenvalue weighted by molar-refractivity contribution is -0.384. The Hall–Kier alpha value is -3.42. The number of hydrogen-bond acceptors (Lipinski definition) is 5. The van der Waals surface area contributed by atoms with Gasteiger partial charge in [-0.15, -0.1) is 0 Å². The predicted molar refractivity (Wildman–Crippen MR) is 114 cm³/mol. The maximum atomic E-state index is 13.1. The highest BCUT2D eigenvalue weighted by molar-refractivity contribution is 6.00. The number of non-ortho nitro benzene ring substituents is 1. The summed E-state index contributed by atoms with van der Waals surface area (Å²) < 4.78 is 0. The summed E-state index contributed by atoms with van der Waals surface area (Å²) in [6.07, 6.45) is 1.14. The number of nitro groups is 1. The van der Waals surface area contributed by atoms with E-state index in [-0.39, 0.29) is 23.4 Å². The number of carbonyl (C=O) groups excluding carboxylic acids is 2. The minimum Gasteiger partial charge on any atom is -0.377 e. The molecule has 0 unspecified atom stereocenters. The number of carbonyl (C=O) groups is 2. The zero-order valence-corrected chi connectivity index (χ0v) is 17.2. The first-order valence-corrected chi connectivity index (χ1v) is 9.93. The summed E-state index contributed by atoms with van der Waals surface area (Å²) in [5, 5.41) is 14.1. The normalized spacial score (nSPS) is 14.3. The van der Waals surface area contributed by atoms with Gasteiger partial charge in [-0.05, 0) is 24.5 Å². The number of amides is 2. The second-order valence-electron chi connectivity index (χ2n) is 7.62. The largest absolute Gasteiger partial charge is 0.377 e. The highest BCUT2D eigenvalue weighted by Gasteiger charge is 2.29. The molecular formula is C22H26N4O4. The van der Waals surface area contributed by atoms with Crippen molar-refractivity contribution in [2.45, 2.75) is 19.4 Å². The Bertz CT molecular complexity index is 922. The minimum absolute atomic E-state index is 0.00437. The molecule has 8 heteroatoms. The monoisotopic (exact) mass is 410 g/mol. The van der Waals surface area contributed by atoms with E-state index in [1.807, 2.05) is 30.3 Å². The molecule has 0 spiro atoms. The highest BCUT2D eigenvalue weighted by atomic mass is 16.6. The van der Waals surface area contributed by atoms with Gasteiger partial charge in [-0.25, -0.2) is 0 Å². The average Bonchev–Trinajstić information content (AvgIpc) is 2.77. The number of rotatable bonds is 6. The average molecular weight is 410 g/mol. The molecule has 0 saturated carbocycles. The molecule has 0 radical (unpaired) electrons. The summed E-state index contributed by atoms with van der Waals surface area (Å²) in [4.78, 5) is 39.6. The van der Waals surface area contributed by atoms with E-state index >= 15 is 0 Å². The van der Waals surface area contributed by atoms with Gasteiger partial charge in [-0.1, -0.05) is 30.3 Å². The molecule has 0 aromatic heterocycles. The van der Waals surface area contributed by atoms with Crippen LogP contribution >= 0.6 is 0 Å². The van der Waals surface area contributed by atoms with Crippen LogP contribution in [-0.2, 0) is 11.3 Å². The third kappa shape index (κ3) is 4.94. The molecular weight excluding hydrogens is 384 g/mol. The van der Waals surface area contributed by atoms with Crippen molar-refractivity contribution in [3.8, 4) is 0 Å². The number of nitrogens with one attached hydrogen (secondary N) is 1. The molecule has 1 fully saturated rings. The molecule has 3 rings (SSSR count). The SMILES string of the molecule is CN(C)c1ccc([N+](=O)[O-])cc1C(=O)N1CCC(C(=O)NCc2ccccc2)CC1. The Morgan fingerprint density at radius 3 is 2.40 bits per heavy atom.